The Morgan fingerprint density at radius 1 is 0.632 bits per heavy atom. The molecule has 0 saturated heterocycles. The Labute approximate surface area is 342 Å². The van der Waals surface area contributed by atoms with E-state index >= 15 is 0 Å². The van der Waals surface area contributed by atoms with Gasteiger partial charge in [0.25, 0.3) is 0 Å². The SMILES string of the molecule is CCCCC/C=C\C=C/[C@H](O)C/C=C\C/C=C/CCCC(=O)O[C@H](COC(=O)CCCC/C=C\C/C=C\C/C=C\CCCCC)COP(=O)(O)OC[C@H](N)C(=O)O. The number of aliphatic hydroxyl groups is 1. The molecule has 0 saturated carbocycles. The number of rotatable bonds is 37. The Kier molecular flexibility index (Phi) is 35.9. The number of carbonyl (C=O) groups excluding carboxylic acids is 2. The highest BCUT2D eigenvalue weighted by atomic mass is 31.2. The van der Waals surface area contributed by atoms with Crippen molar-refractivity contribution in [1.29, 1.82) is 0 Å². The number of carboxylic acids is 1. The first-order chi connectivity index (χ1) is 27.5. The van der Waals surface area contributed by atoms with Gasteiger partial charge in [-0.05, 0) is 83.5 Å². The van der Waals surface area contributed by atoms with Gasteiger partial charge in [0.2, 0.25) is 0 Å². The quantitative estimate of drug-likeness (QED) is 0.0153. The van der Waals surface area contributed by atoms with Crippen molar-refractivity contribution in [2.24, 2.45) is 5.73 Å². The van der Waals surface area contributed by atoms with Crippen molar-refractivity contribution in [3.63, 3.8) is 0 Å². The zero-order valence-corrected chi connectivity index (χ0v) is 35.4. The highest BCUT2D eigenvalue weighted by Gasteiger charge is 2.28. The highest BCUT2D eigenvalue weighted by Crippen LogP contribution is 2.43. The van der Waals surface area contributed by atoms with Gasteiger partial charge in [0, 0.05) is 12.8 Å². The number of phosphoric ester groups is 1. The van der Waals surface area contributed by atoms with Gasteiger partial charge in [-0.1, -0.05) is 125 Å². The normalized spacial score (nSPS) is 15.2. The fourth-order valence-electron chi connectivity index (χ4n) is 4.85. The predicted octanol–water partition coefficient (Wildman–Crippen LogP) is 9.69. The molecule has 13 heteroatoms. The average molecular weight is 822 g/mol. The van der Waals surface area contributed by atoms with Crippen LogP contribution < -0.4 is 5.73 Å². The lowest BCUT2D eigenvalue weighted by molar-refractivity contribution is -0.161. The van der Waals surface area contributed by atoms with E-state index in [1.165, 1.54) is 38.5 Å². The van der Waals surface area contributed by atoms with E-state index in [0.717, 1.165) is 38.5 Å². The largest absolute Gasteiger partial charge is 0.480 e. The van der Waals surface area contributed by atoms with Gasteiger partial charge >= 0.3 is 25.7 Å². The van der Waals surface area contributed by atoms with Crippen molar-refractivity contribution in [3.8, 4) is 0 Å². The van der Waals surface area contributed by atoms with Crippen molar-refractivity contribution in [1.82, 2.24) is 0 Å². The van der Waals surface area contributed by atoms with Gasteiger partial charge in [-0.25, -0.2) is 4.57 Å². The minimum absolute atomic E-state index is 0.0381. The summed E-state index contributed by atoms with van der Waals surface area (Å²) in [5.41, 5.74) is 5.31. The second-order valence-electron chi connectivity index (χ2n) is 13.6. The van der Waals surface area contributed by atoms with Crippen LogP contribution in [0.2, 0.25) is 0 Å². The maximum Gasteiger partial charge on any atom is 0.472 e. The molecule has 0 radical (unpaired) electrons. The monoisotopic (exact) mass is 821 g/mol. The van der Waals surface area contributed by atoms with Crippen LogP contribution in [0, 0.1) is 0 Å². The molecule has 0 amide bonds. The summed E-state index contributed by atoms with van der Waals surface area (Å²) in [5, 5.41) is 18.9. The molecule has 57 heavy (non-hydrogen) atoms. The van der Waals surface area contributed by atoms with Gasteiger partial charge in [0.15, 0.2) is 6.10 Å². The number of phosphoric acid groups is 1. The Balaban J connectivity index is 4.64. The number of allylic oxidation sites excluding steroid dienone is 12. The number of aliphatic carboxylic acids is 1. The molecule has 0 spiro atoms. The second-order valence-corrected chi connectivity index (χ2v) is 15.1. The third-order valence-corrected chi connectivity index (χ3v) is 9.15. The van der Waals surface area contributed by atoms with Crippen molar-refractivity contribution in [2.45, 2.75) is 154 Å². The van der Waals surface area contributed by atoms with Gasteiger partial charge in [0.05, 0.1) is 19.3 Å². The first kappa shape index (κ1) is 53.6. The van der Waals surface area contributed by atoms with E-state index in [9.17, 15) is 28.9 Å². The molecule has 0 bridgehead atoms. The molecule has 0 heterocycles. The summed E-state index contributed by atoms with van der Waals surface area (Å²) in [6.45, 7) is 2.54. The van der Waals surface area contributed by atoms with Gasteiger partial charge in [-0.3, -0.25) is 23.4 Å². The molecule has 0 rings (SSSR count). The van der Waals surface area contributed by atoms with E-state index in [0.29, 0.717) is 32.1 Å². The molecule has 0 aliphatic heterocycles. The number of esters is 2. The van der Waals surface area contributed by atoms with Crippen LogP contribution in [0.15, 0.2) is 85.1 Å². The summed E-state index contributed by atoms with van der Waals surface area (Å²) in [6.07, 6.45) is 42.5. The second kappa shape index (κ2) is 38.2. The summed E-state index contributed by atoms with van der Waals surface area (Å²) in [4.78, 5) is 45.9. The number of ether oxygens (including phenoxy) is 2. The Morgan fingerprint density at radius 3 is 1.74 bits per heavy atom. The van der Waals surface area contributed by atoms with Crippen molar-refractivity contribution < 1.29 is 52.6 Å². The zero-order chi connectivity index (χ0) is 42.2. The van der Waals surface area contributed by atoms with Crippen LogP contribution in [0.1, 0.15) is 136 Å². The van der Waals surface area contributed by atoms with E-state index < -0.39 is 63.8 Å². The van der Waals surface area contributed by atoms with Crippen LogP contribution in [0.25, 0.3) is 0 Å². The average Bonchev–Trinajstić information content (AvgIpc) is 3.18. The standard InChI is InChI=1S/C44H72NO11P/c1-3-5-7-9-11-12-13-14-15-16-17-18-22-26-30-34-42(47)53-36-40(37-54-57(51,52)55-38-41(45)44(49)50)56-43(48)35-31-27-23-19-21-25-29-33-39(46)32-28-24-20-10-8-6-4-2/h11-12,14-15,17-20,23-25,28-29,32,39-41,46H,3-10,13,16,21-22,26-27,30-31,33-38,45H2,1-2H3,(H,49,50)(H,51,52)/b12-11-,15-14-,18-17-,23-19+,24-20-,29-25-,32-28-/t39-,40+,41-/m0/s1. The Hall–Kier alpha value is -3.38. The number of hydrogen-bond donors (Lipinski definition) is 4. The number of unbranched alkanes of at least 4 members (excludes halogenated alkanes) is 9. The first-order valence-electron chi connectivity index (χ1n) is 20.7. The lowest BCUT2D eigenvalue weighted by atomic mass is 10.1. The minimum Gasteiger partial charge on any atom is -0.480 e. The smallest absolute Gasteiger partial charge is 0.472 e. The molecule has 0 aliphatic carbocycles. The van der Waals surface area contributed by atoms with Crippen LogP contribution in [0.3, 0.4) is 0 Å². The molecule has 324 valence electrons. The van der Waals surface area contributed by atoms with Crippen LogP contribution >= 0.6 is 7.82 Å². The number of carbonyl (C=O) groups is 3. The Bertz CT molecular complexity index is 1300. The summed E-state index contributed by atoms with van der Waals surface area (Å²) in [6, 6.07) is -1.55. The van der Waals surface area contributed by atoms with Gasteiger partial charge in [-0.15, -0.1) is 0 Å². The predicted molar refractivity (Wildman–Crippen MR) is 227 cm³/mol. The molecular formula is C44H72NO11P. The number of carboxylic acid groups (broad SMARTS) is 1. The molecule has 0 aromatic rings. The van der Waals surface area contributed by atoms with Crippen LogP contribution in [0.4, 0.5) is 0 Å². The van der Waals surface area contributed by atoms with Crippen molar-refractivity contribution in [3.05, 3.63) is 85.1 Å². The van der Waals surface area contributed by atoms with E-state index in [1.54, 1.807) is 6.08 Å². The maximum atomic E-state index is 12.6. The molecule has 0 aromatic carbocycles. The molecule has 0 aliphatic rings. The maximum absolute atomic E-state index is 12.6. The van der Waals surface area contributed by atoms with Crippen molar-refractivity contribution >= 4 is 25.7 Å². The molecule has 1 unspecified atom stereocenters. The lowest BCUT2D eigenvalue weighted by Gasteiger charge is -2.20. The third kappa shape index (κ3) is 37.9. The van der Waals surface area contributed by atoms with E-state index in [-0.39, 0.29) is 12.8 Å². The van der Waals surface area contributed by atoms with E-state index in [2.05, 4.69) is 60.9 Å². The fraction of sp³-hybridized carbons (Fsp3) is 0.614. The van der Waals surface area contributed by atoms with Gasteiger partial charge < -0.3 is 30.3 Å². The van der Waals surface area contributed by atoms with Crippen LogP contribution in [-0.2, 0) is 37.5 Å². The number of hydrogen-bond acceptors (Lipinski definition) is 10. The minimum atomic E-state index is -4.76. The molecule has 0 fully saturated rings. The van der Waals surface area contributed by atoms with Crippen LogP contribution in [0.5, 0.6) is 0 Å². The zero-order valence-electron chi connectivity index (χ0n) is 34.5. The molecule has 5 N–H and O–H groups in total. The summed E-state index contributed by atoms with van der Waals surface area (Å²) in [5.74, 6) is -2.56. The van der Waals surface area contributed by atoms with Gasteiger partial charge in [-0.2, -0.15) is 0 Å². The molecular weight excluding hydrogens is 749 g/mol. The van der Waals surface area contributed by atoms with Crippen LogP contribution in [-0.4, -0.2) is 71.1 Å². The highest BCUT2D eigenvalue weighted by molar-refractivity contribution is 7.47. The lowest BCUT2D eigenvalue weighted by Crippen LogP contribution is -2.34. The molecule has 12 nitrogen and oxygen atoms in total. The fourth-order valence-corrected chi connectivity index (χ4v) is 5.63. The van der Waals surface area contributed by atoms with E-state index in [1.807, 2.05) is 36.5 Å². The third-order valence-electron chi connectivity index (χ3n) is 8.20. The number of aliphatic hydroxyl groups excluding tert-OH is 1. The van der Waals surface area contributed by atoms with E-state index in [4.69, 9.17) is 24.8 Å². The summed E-state index contributed by atoms with van der Waals surface area (Å²) in [7, 11) is -4.76. The summed E-state index contributed by atoms with van der Waals surface area (Å²) < 4.78 is 32.5. The summed E-state index contributed by atoms with van der Waals surface area (Å²) >= 11 is 0. The molecule has 4 atom stereocenters. The topological polar surface area (TPSA) is 192 Å². The van der Waals surface area contributed by atoms with Crippen molar-refractivity contribution in [2.75, 3.05) is 19.8 Å². The first-order valence-corrected chi connectivity index (χ1v) is 22.2. The Morgan fingerprint density at radius 2 is 1.14 bits per heavy atom. The van der Waals surface area contributed by atoms with Gasteiger partial charge in [0.1, 0.15) is 12.6 Å². The number of nitrogens with two attached hydrogens (primary N) is 1. The molecule has 0 aromatic heterocycles.